The van der Waals surface area contributed by atoms with E-state index in [1.54, 1.807) is 0 Å². The van der Waals surface area contributed by atoms with E-state index in [0.29, 0.717) is 5.92 Å². The molecule has 7 heteroatoms. The lowest BCUT2D eigenvalue weighted by molar-refractivity contribution is 0.391. The minimum Gasteiger partial charge on any atom is -0.370 e. The highest BCUT2D eigenvalue weighted by Gasteiger charge is 2.17. The molecule has 6 nitrogen and oxygen atoms in total. The van der Waals surface area contributed by atoms with Crippen LogP contribution in [0.3, 0.4) is 0 Å². The number of sulfone groups is 1. The number of benzene rings is 1. The van der Waals surface area contributed by atoms with Crippen LogP contribution in [-0.2, 0) is 28.7 Å². The molecule has 2 aromatic rings. The fourth-order valence-electron chi connectivity index (χ4n) is 2.88. The van der Waals surface area contributed by atoms with Gasteiger partial charge in [0.1, 0.15) is 5.82 Å². The molecule has 1 aromatic carbocycles. The summed E-state index contributed by atoms with van der Waals surface area (Å²) in [6, 6.07) is 9.73. The van der Waals surface area contributed by atoms with Crippen LogP contribution >= 0.6 is 0 Å². The number of anilines is 1. The summed E-state index contributed by atoms with van der Waals surface area (Å²) in [5, 5.41) is 11.1. The van der Waals surface area contributed by atoms with Crippen molar-refractivity contribution in [3.8, 4) is 0 Å². The Morgan fingerprint density at radius 1 is 1.35 bits per heavy atom. The largest absolute Gasteiger partial charge is 0.370 e. The second kappa shape index (κ2) is 6.72. The van der Waals surface area contributed by atoms with Crippen molar-refractivity contribution in [2.75, 3.05) is 24.7 Å². The van der Waals surface area contributed by atoms with Crippen LogP contribution in [0.25, 0.3) is 0 Å². The van der Waals surface area contributed by atoms with Crippen LogP contribution in [0.4, 0.5) is 5.82 Å². The van der Waals surface area contributed by atoms with E-state index in [4.69, 9.17) is 0 Å². The Labute approximate surface area is 136 Å². The van der Waals surface area contributed by atoms with Crippen LogP contribution in [0.1, 0.15) is 11.1 Å². The van der Waals surface area contributed by atoms with Crippen LogP contribution in [0.2, 0.25) is 0 Å². The van der Waals surface area contributed by atoms with Gasteiger partial charge in [-0.3, -0.25) is 0 Å². The van der Waals surface area contributed by atoms with Crippen LogP contribution in [-0.4, -0.2) is 37.5 Å². The Bertz CT molecular complexity index is 770. The van der Waals surface area contributed by atoms with Gasteiger partial charge in [0.25, 0.3) is 0 Å². The Balaban J connectivity index is 1.50. The van der Waals surface area contributed by atoms with Gasteiger partial charge in [0.05, 0.1) is 11.9 Å². The normalized spacial score (nSPS) is 17.5. The quantitative estimate of drug-likeness (QED) is 0.832. The standard InChI is InChI=1S/C16H22N4O2S/c1-23(21,22)12-14-4-2-3-13(7-14)8-17-9-15-10-18-16-5-6-19-20(16)11-15/h2-7,15,17-18H,8-12H2,1H3/t15-/m0/s1. The maximum absolute atomic E-state index is 11.4. The van der Waals surface area contributed by atoms with Gasteiger partial charge >= 0.3 is 0 Å². The number of nitrogens with zero attached hydrogens (tertiary/aromatic N) is 2. The average Bonchev–Trinajstić information content (AvgIpc) is 2.93. The van der Waals surface area contributed by atoms with Crippen LogP contribution in [0, 0.1) is 5.92 Å². The van der Waals surface area contributed by atoms with Gasteiger partial charge < -0.3 is 10.6 Å². The van der Waals surface area contributed by atoms with Gasteiger partial charge in [0.2, 0.25) is 0 Å². The van der Waals surface area contributed by atoms with E-state index >= 15 is 0 Å². The molecule has 1 aliphatic rings. The molecule has 23 heavy (non-hydrogen) atoms. The average molecular weight is 334 g/mol. The van der Waals surface area contributed by atoms with Crippen LogP contribution in [0.5, 0.6) is 0 Å². The fourth-order valence-corrected chi connectivity index (χ4v) is 3.66. The molecule has 124 valence electrons. The Morgan fingerprint density at radius 2 is 2.17 bits per heavy atom. The van der Waals surface area contributed by atoms with Gasteiger partial charge in [-0.25, -0.2) is 13.1 Å². The second-order valence-corrected chi connectivity index (χ2v) is 8.31. The molecule has 0 bridgehead atoms. The predicted molar refractivity (Wildman–Crippen MR) is 90.9 cm³/mol. The molecule has 2 heterocycles. The Morgan fingerprint density at radius 3 is 3.00 bits per heavy atom. The number of aromatic nitrogens is 2. The topological polar surface area (TPSA) is 76.0 Å². The minimum atomic E-state index is -2.99. The number of nitrogens with one attached hydrogen (secondary N) is 2. The monoisotopic (exact) mass is 334 g/mol. The second-order valence-electron chi connectivity index (χ2n) is 6.17. The zero-order chi connectivity index (χ0) is 16.3. The van der Waals surface area contributed by atoms with E-state index in [1.807, 2.05) is 41.2 Å². The summed E-state index contributed by atoms with van der Waals surface area (Å²) in [7, 11) is -2.99. The molecule has 2 N–H and O–H groups in total. The molecule has 0 amide bonds. The fraction of sp³-hybridized carbons (Fsp3) is 0.438. The van der Waals surface area contributed by atoms with Crippen molar-refractivity contribution in [3.05, 3.63) is 47.7 Å². The highest BCUT2D eigenvalue weighted by atomic mass is 32.2. The molecule has 0 aliphatic carbocycles. The van der Waals surface area contributed by atoms with Gasteiger partial charge in [-0.1, -0.05) is 24.3 Å². The van der Waals surface area contributed by atoms with Gasteiger partial charge in [-0.2, -0.15) is 5.10 Å². The van der Waals surface area contributed by atoms with Crippen molar-refractivity contribution >= 4 is 15.7 Å². The van der Waals surface area contributed by atoms with Crippen molar-refractivity contribution in [2.45, 2.75) is 18.8 Å². The summed E-state index contributed by atoms with van der Waals surface area (Å²) in [6.45, 7) is 3.48. The molecule has 0 radical (unpaired) electrons. The molecule has 1 atom stereocenters. The number of rotatable bonds is 6. The zero-order valence-electron chi connectivity index (χ0n) is 13.2. The third-order valence-corrected chi connectivity index (χ3v) is 4.76. The maximum Gasteiger partial charge on any atom is 0.151 e. The minimum absolute atomic E-state index is 0.0927. The lowest BCUT2D eigenvalue weighted by Crippen LogP contribution is -2.35. The summed E-state index contributed by atoms with van der Waals surface area (Å²) < 4.78 is 24.7. The first-order valence-corrected chi connectivity index (χ1v) is 9.77. The van der Waals surface area contributed by atoms with E-state index in [1.165, 1.54) is 6.26 Å². The molecule has 0 spiro atoms. The zero-order valence-corrected chi connectivity index (χ0v) is 14.0. The summed E-state index contributed by atoms with van der Waals surface area (Å²) in [6.07, 6.45) is 3.07. The van der Waals surface area contributed by atoms with Gasteiger partial charge in [0, 0.05) is 44.4 Å². The lowest BCUT2D eigenvalue weighted by atomic mass is 10.1. The summed E-state index contributed by atoms with van der Waals surface area (Å²) in [5.41, 5.74) is 1.95. The third-order valence-electron chi connectivity index (χ3n) is 3.90. The number of fused-ring (bicyclic) bond motifs is 1. The van der Waals surface area contributed by atoms with Crippen LogP contribution in [0.15, 0.2) is 36.5 Å². The van der Waals surface area contributed by atoms with Crippen molar-refractivity contribution in [2.24, 2.45) is 5.92 Å². The van der Waals surface area contributed by atoms with Crippen molar-refractivity contribution in [1.29, 1.82) is 0 Å². The first-order chi connectivity index (χ1) is 11.0. The molecular formula is C16H22N4O2S. The maximum atomic E-state index is 11.4. The Hall–Kier alpha value is -1.86. The first kappa shape index (κ1) is 16.0. The third kappa shape index (κ3) is 4.56. The molecular weight excluding hydrogens is 312 g/mol. The van der Waals surface area contributed by atoms with E-state index in [-0.39, 0.29) is 5.75 Å². The highest BCUT2D eigenvalue weighted by molar-refractivity contribution is 7.89. The number of hydrogen-bond donors (Lipinski definition) is 2. The SMILES string of the molecule is CS(=O)(=O)Cc1cccc(CNC[C@H]2CNc3ccnn3C2)c1. The molecule has 1 aliphatic heterocycles. The summed E-state index contributed by atoms with van der Waals surface area (Å²) in [4.78, 5) is 0. The van der Waals surface area contributed by atoms with E-state index in [0.717, 1.165) is 43.1 Å². The van der Waals surface area contributed by atoms with Gasteiger partial charge in [-0.05, 0) is 11.1 Å². The Kier molecular flexibility index (Phi) is 4.68. The van der Waals surface area contributed by atoms with Gasteiger partial charge in [-0.15, -0.1) is 0 Å². The number of hydrogen-bond acceptors (Lipinski definition) is 5. The van der Waals surface area contributed by atoms with Crippen molar-refractivity contribution in [1.82, 2.24) is 15.1 Å². The van der Waals surface area contributed by atoms with Crippen LogP contribution < -0.4 is 10.6 Å². The molecule has 0 unspecified atom stereocenters. The molecule has 3 rings (SSSR count). The van der Waals surface area contributed by atoms with E-state index in [2.05, 4.69) is 15.7 Å². The molecule has 1 aromatic heterocycles. The first-order valence-electron chi connectivity index (χ1n) is 7.71. The molecule has 0 saturated carbocycles. The van der Waals surface area contributed by atoms with Gasteiger partial charge in [0.15, 0.2) is 9.84 Å². The van der Waals surface area contributed by atoms with E-state index in [9.17, 15) is 8.42 Å². The lowest BCUT2D eigenvalue weighted by Gasteiger charge is -2.25. The highest BCUT2D eigenvalue weighted by Crippen LogP contribution is 2.16. The molecule has 0 fully saturated rings. The predicted octanol–water partition coefficient (Wildman–Crippen LogP) is 1.26. The van der Waals surface area contributed by atoms with Crippen molar-refractivity contribution in [3.63, 3.8) is 0 Å². The smallest absolute Gasteiger partial charge is 0.151 e. The summed E-state index contributed by atoms with van der Waals surface area (Å²) >= 11 is 0. The van der Waals surface area contributed by atoms with Crippen molar-refractivity contribution < 1.29 is 8.42 Å². The van der Waals surface area contributed by atoms with E-state index < -0.39 is 9.84 Å². The summed E-state index contributed by atoms with van der Waals surface area (Å²) in [5.74, 6) is 1.66. The molecule has 0 saturated heterocycles.